The number of carboxylic acid groups (broad SMARTS) is 1. The minimum Gasteiger partial charge on any atom is -0.483 e. The Kier molecular flexibility index (Phi) is 8.78. The normalized spacial score (nSPS) is 11.9. The van der Waals surface area contributed by atoms with Gasteiger partial charge in [0.2, 0.25) is 5.56 Å². The number of pyridine rings is 1. The molecule has 0 bridgehead atoms. The zero-order valence-corrected chi connectivity index (χ0v) is 17.6. The number of hydrogen-bond donors (Lipinski definition) is 3. The SMILES string of the molecule is CCC(NC(=O)c1ccc(=O)[nH]c1C(C)C)c1ccc(S(C)(=O)=O)cc1.O=CO. The minimum atomic E-state index is -3.26. The van der Waals surface area contributed by atoms with Gasteiger partial charge in [-0.05, 0) is 36.1 Å². The summed E-state index contributed by atoms with van der Waals surface area (Å²) in [4.78, 5) is 35.6. The number of nitrogens with one attached hydrogen (secondary N) is 2. The number of carbonyl (C=O) groups is 2. The highest BCUT2D eigenvalue weighted by molar-refractivity contribution is 7.90. The zero-order valence-electron chi connectivity index (χ0n) is 16.8. The molecule has 1 unspecified atom stereocenters. The summed E-state index contributed by atoms with van der Waals surface area (Å²) in [5.74, 6) is -0.275. The van der Waals surface area contributed by atoms with E-state index < -0.39 is 9.84 Å². The molecule has 158 valence electrons. The molecule has 9 heteroatoms. The molecule has 8 nitrogen and oxygen atoms in total. The first-order valence-corrected chi connectivity index (χ1v) is 10.9. The summed E-state index contributed by atoms with van der Waals surface area (Å²) < 4.78 is 23.2. The van der Waals surface area contributed by atoms with E-state index >= 15 is 0 Å². The van der Waals surface area contributed by atoms with Crippen LogP contribution in [0.3, 0.4) is 0 Å². The topological polar surface area (TPSA) is 133 Å². The molecule has 1 aromatic heterocycles. The van der Waals surface area contributed by atoms with Crippen molar-refractivity contribution >= 4 is 22.2 Å². The van der Waals surface area contributed by atoms with Crippen LogP contribution in [0.1, 0.15) is 60.8 Å². The second kappa shape index (κ2) is 10.6. The van der Waals surface area contributed by atoms with Crippen LogP contribution in [0.5, 0.6) is 0 Å². The van der Waals surface area contributed by atoms with Crippen LogP contribution in [0.2, 0.25) is 0 Å². The molecule has 0 saturated heterocycles. The number of amides is 1. The first kappa shape index (κ1) is 24.1. The van der Waals surface area contributed by atoms with Gasteiger partial charge in [-0.2, -0.15) is 0 Å². The Hall–Kier alpha value is -2.94. The van der Waals surface area contributed by atoms with E-state index in [1.165, 1.54) is 12.1 Å². The van der Waals surface area contributed by atoms with Crippen molar-refractivity contribution in [3.8, 4) is 0 Å². The lowest BCUT2D eigenvalue weighted by Crippen LogP contribution is -2.30. The summed E-state index contributed by atoms with van der Waals surface area (Å²) in [7, 11) is -3.26. The van der Waals surface area contributed by atoms with Gasteiger partial charge in [-0.3, -0.25) is 14.4 Å². The maximum absolute atomic E-state index is 12.7. The number of H-pyrrole nitrogens is 1. The minimum absolute atomic E-state index is 0.00114. The van der Waals surface area contributed by atoms with Gasteiger partial charge in [0.25, 0.3) is 12.4 Å². The Morgan fingerprint density at radius 3 is 2.17 bits per heavy atom. The van der Waals surface area contributed by atoms with E-state index in [1.54, 1.807) is 24.3 Å². The highest BCUT2D eigenvalue weighted by Gasteiger charge is 2.19. The van der Waals surface area contributed by atoms with Gasteiger partial charge in [-0.1, -0.05) is 32.9 Å². The number of hydrogen-bond acceptors (Lipinski definition) is 5. The van der Waals surface area contributed by atoms with Crippen molar-refractivity contribution in [3.63, 3.8) is 0 Å². The maximum atomic E-state index is 12.7. The van der Waals surface area contributed by atoms with E-state index in [4.69, 9.17) is 9.90 Å². The fourth-order valence-corrected chi connectivity index (χ4v) is 3.38. The van der Waals surface area contributed by atoms with E-state index in [0.717, 1.165) is 11.8 Å². The zero-order chi connectivity index (χ0) is 22.2. The maximum Gasteiger partial charge on any atom is 0.290 e. The molecule has 1 aromatic carbocycles. The van der Waals surface area contributed by atoms with Gasteiger partial charge in [0.05, 0.1) is 16.5 Å². The van der Waals surface area contributed by atoms with Crippen molar-refractivity contribution in [2.75, 3.05) is 6.26 Å². The van der Waals surface area contributed by atoms with Crippen LogP contribution in [-0.2, 0) is 14.6 Å². The fraction of sp³-hybridized carbons (Fsp3) is 0.350. The van der Waals surface area contributed by atoms with Crippen molar-refractivity contribution in [2.24, 2.45) is 0 Å². The van der Waals surface area contributed by atoms with Crippen LogP contribution in [-0.4, -0.2) is 37.1 Å². The van der Waals surface area contributed by atoms with Gasteiger partial charge in [0.15, 0.2) is 9.84 Å². The second-order valence-corrected chi connectivity index (χ2v) is 8.70. The Morgan fingerprint density at radius 1 is 1.17 bits per heavy atom. The molecule has 3 N–H and O–H groups in total. The largest absolute Gasteiger partial charge is 0.483 e. The number of benzene rings is 1. The monoisotopic (exact) mass is 422 g/mol. The molecule has 2 rings (SSSR count). The summed E-state index contributed by atoms with van der Waals surface area (Å²) in [6, 6.07) is 9.11. The van der Waals surface area contributed by atoms with Gasteiger partial charge in [0, 0.05) is 18.0 Å². The van der Waals surface area contributed by atoms with Gasteiger partial charge in [-0.25, -0.2) is 8.42 Å². The van der Waals surface area contributed by atoms with E-state index in [9.17, 15) is 18.0 Å². The molecule has 0 aliphatic carbocycles. The van der Waals surface area contributed by atoms with Crippen LogP contribution in [0.15, 0.2) is 46.1 Å². The summed E-state index contributed by atoms with van der Waals surface area (Å²) in [6.45, 7) is 5.50. The average Bonchev–Trinajstić information content (AvgIpc) is 2.65. The molecule has 0 spiro atoms. The molecule has 1 amide bonds. The highest BCUT2D eigenvalue weighted by atomic mass is 32.2. The summed E-state index contributed by atoms with van der Waals surface area (Å²) in [5.41, 5.74) is 1.61. The van der Waals surface area contributed by atoms with E-state index in [-0.39, 0.29) is 34.8 Å². The van der Waals surface area contributed by atoms with Crippen LogP contribution in [0, 0.1) is 0 Å². The van der Waals surface area contributed by atoms with Gasteiger partial charge >= 0.3 is 0 Å². The standard InChI is InChI=1S/C19H24N2O4S.CH2O2/c1-5-16(13-6-8-14(9-7-13)26(4,24)25)20-19(23)15-10-11-17(22)21-18(15)12(2)3;2-1-3/h6-12,16H,5H2,1-4H3,(H,20,23)(H,21,22);1H,(H,2,3). The second-order valence-electron chi connectivity index (χ2n) is 6.69. The summed E-state index contributed by atoms with van der Waals surface area (Å²) in [5, 5.41) is 9.85. The molecule has 0 aliphatic rings. The number of rotatable bonds is 6. The van der Waals surface area contributed by atoms with Crippen LogP contribution >= 0.6 is 0 Å². The van der Waals surface area contributed by atoms with Crippen LogP contribution in [0.4, 0.5) is 0 Å². The number of aromatic amines is 1. The van der Waals surface area contributed by atoms with Crippen LogP contribution < -0.4 is 10.9 Å². The molecule has 0 fully saturated rings. The first-order chi connectivity index (χ1) is 13.5. The summed E-state index contributed by atoms with van der Waals surface area (Å²) >= 11 is 0. The Balaban J connectivity index is 0.00000132. The lowest BCUT2D eigenvalue weighted by atomic mass is 10.0. The fourth-order valence-electron chi connectivity index (χ4n) is 2.75. The number of carbonyl (C=O) groups excluding carboxylic acids is 1. The summed E-state index contributed by atoms with van der Waals surface area (Å²) in [6.07, 6.45) is 1.80. The average molecular weight is 423 g/mol. The van der Waals surface area contributed by atoms with E-state index in [0.29, 0.717) is 17.7 Å². The molecule has 2 aromatic rings. The molecule has 0 saturated carbocycles. The molecule has 1 atom stereocenters. The van der Waals surface area contributed by atoms with Crippen molar-refractivity contribution < 1.29 is 23.1 Å². The quantitative estimate of drug-likeness (QED) is 0.613. The third-order valence-electron chi connectivity index (χ3n) is 4.20. The van der Waals surface area contributed by atoms with Gasteiger partial charge in [0.1, 0.15) is 0 Å². The third-order valence-corrected chi connectivity index (χ3v) is 5.32. The van der Waals surface area contributed by atoms with E-state index in [1.807, 2.05) is 20.8 Å². The molecule has 29 heavy (non-hydrogen) atoms. The first-order valence-electron chi connectivity index (χ1n) is 8.97. The Labute approximate surface area is 169 Å². The molecule has 0 radical (unpaired) electrons. The lowest BCUT2D eigenvalue weighted by molar-refractivity contribution is -0.122. The molecule has 0 aliphatic heterocycles. The molecular weight excluding hydrogens is 396 g/mol. The van der Waals surface area contributed by atoms with E-state index in [2.05, 4.69) is 10.3 Å². The number of sulfone groups is 1. The van der Waals surface area contributed by atoms with Crippen molar-refractivity contribution in [1.29, 1.82) is 0 Å². The van der Waals surface area contributed by atoms with Gasteiger partial charge < -0.3 is 15.4 Å². The lowest BCUT2D eigenvalue weighted by Gasteiger charge is -2.19. The van der Waals surface area contributed by atoms with Crippen LogP contribution in [0.25, 0.3) is 0 Å². The van der Waals surface area contributed by atoms with Crippen molar-refractivity contribution in [1.82, 2.24) is 10.3 Å². The smallest absolute Gasteiger partial charge is 0.290 e. The third kappa shape index (κ3) is 6.86. The van der Waals surface area contributed by atoms with Crippen molar-refractivity contribution in [3.05, 3.63) is 63.6 Å². The Bertz CT molecular complexity index is 994. The Morgan fingerprint density at radius 2 is 1.72 bits per heavy atom. The van der Waals surface area contributed by atoms with Crippen molar-refractivity contribution in [2.45, 2.75) is 44.0 Å². The molecular formula is C20H26N2O6S. The predicted molar refractivity (Wildman–Crippen MR) is 110 cm³/mol. The molecule has 1 heterocycles. The highest BCUT2D eigenvalue weighted by Crippen LogP contribution is 2.21. The number of aromatic nitrogens is 1. The van der Waals surface area contributed by atoms with Gasteiger partial charge in [-0.15, -0.1) is 0 Å². The predicted octanol–water partition coefficient (Wildman–Crippen LogP) is 2.48.